The quantitative estimate of drug-likeness (QED) is 0.731. The van der Waals surface area contributed by atoms with Gasteiger partial charge in [-0.3, -0.25) is 4.90 Å². The Morgan fingerprint density at radius 2 is 2.00 bits per heavy atom. The summed E-state index contributed by atoms with van der Waals surface area (Å²) in [6.45, 7) is 0. The molecule has 0 bridgehead atoms. The van der Waals surface area contributed by atoms with Gasteiger partial charge in [-0.15, -0.1) is 0 Å². The summed E-state index contributed by atoms with van der Waals surface area (Å²) in [5.74, 6) is 0.603. The first kappa shape index (κ1) is 10.6. The minimum absolute atomic E-state index is 0.297. The minimum atomic E-state index is -0.297. The highest BCUT2D eigenvalue weighted by Gasteiger charge is 2.37. The summed E-state index contributed by atoms with van der Waals surface area (Å²) in [6.07, 6.45) is 5.93. The van der Waals surface area contributed by atoms with Crippen LogP contribution in [0.2, 0.25) is 0 Å². The summed E-state index contributed by atoms with van der Waals surface area (Å²) in [5, 5.41) is 0. The van der Waals surface area contributed by atoms with Crippen molar-refractivity contribution >= 4 is 11.7 Å². The largest absolute Gasteiger partial charge is 0.351 e. The van der Waals surface area contributed by atoms with E-state index in [0.29, 0.717) is 12.0 Å². The number of amides is 2. The molecule has 3 heteroatoms. The van der Waals surface area contributed by atoms with Crippen molar-refractivity contribution in [3.05, 3.63) is 29.8 Å². The Kier molecular flexibility index (Phi) is 2.54. The highest BCUT2D eigenvalue weighted by Crippen LogP contribution is 2.40. The fraction of sp³-hybridized carbons (Fsp3) is 0.500. The maximum atomic E-state index is 11.7. The van der Waals surface area contributed by atoms with Crippen LogP contribution >= 0.6 is 0 Å². The van der Waals surface area contributed by atoms with Crippen molar-refractivity contribution in [2.45, 2.75) is 38.1 Å². The summed E-state index contributed by atoms with van der Waals surface area (Å²) in [5.41, 5.74) is 7.88. The molecule has 2 atom stereocenters. The lowest BCUT2D eigenvalue weighted by Gasteiger charge is -2.44. The number of urea groups is 1. The molecule has 2 aliphatic rings. The van der Waals surface area contributed by atoms with Crippen molar-refractivity contribution in [2.75, 3.05) is 4.90 Å². The van der Waals surface area contributed by atoms with E-state index in [1.807, 2.05) is 23.1 Å². The fourth-order valence-electron chi connectivity index (χ4n) is 3.43. The zero-order valence-electron chi connectivity index (χ0n) is 9.93. The Labute approximate surface area is 102 Å². The number of primary amides is 1. The van der Waals surface area contributed by atoms with E-state index in [2.05, 4.69) is 6.07 Å². The van der Waals surface area contributed by atoms with Crippen LogP contribution in [0.1, 0.15) is 31.2 Å². The molecule has 0 aromatic heterocycles. The number of benzene rings is 1. The Hall–Kier alpha value is -1.51. The van der Waals surface area contributed by atoms with Gasteiger partial charge in [0, 0.05) is 11.7 Å². The fourth-order valence-corrected chi connectivity index (χ4v) is 3.43. The second kappa shape index (κ2) is 4.06. The van der Waals surface area contributed by atoms with Crippen molar-refractivity contribution in [1.29, 1.82) is 0 Å². The van der Waals surface area contributed by atoms with Crippen LogP contribution in [0.5, 0.6) is 0 Å². The maximum Gasteiger partial charge on any atom is 0.319 e. The van der Waals surface area contributed by atoms with Crippen LogP contribution in [-0.4, -0.2) is 12.1 Å². The average molecular weight is 230 g/mol. The molecule has 1 aromatic carbocycles. The lowest BCUT2D eigenvalue weighted by Crippen LogP contribution is -2.52. The van der Waals surface area contributed by atoms with Gasteiger partial charge in [0.05, 0.1) is 0 Å². The molecule has 0 spiro atoms. The van der Waals surface area contributed by atoms with Gasteiger partial charge in [0.15, 0.2) is 0 Å². The molecular formula is C14H18N2O. The van der Waals surface area contributed by atoms with Crippen LogP contribution in [0.15, 0.2) is 24.3 Å². The van der Waals surface area contributed by atoms with Crippen LogP contribution in [-0.2, 0) is 6.42 Å². The molecule has 1 fully saturated rings. The van der Waals surface area contributed by atoms with Crippen molar-refractivity contribution in [2.24, 2.45) is 11.7 Å². The van der Waals surface area contributed by atoms with Gasteiger partial charge in [0.1, 0.15) is 0 Å². The zero-order valence-corrected chi connectivity index (χ0v) is 9.93. The second-order valence-corrected chi connectivity index (χ2v) is 5.15. The third kappa shape index (κ3) is 1.70. The number of hydrogen-bond acceptors (Lipinski definition) is 1. The number of carbonyl (C=O) groups excluding carboxylic acids is 1. The van der Waals surface area contributed by atoms with E-state index in [-0.39, 0.29) is 6.03 Å². The van der Waals surface area contributed by atoms with E-state index in [4.69, 9.17) is 5.73 Å². The van der Waals surface area contributed by atoms with Crippen LogP contribution in [0.3, 0.4) is 0 Å². The molecule has 2 unspecified atom stereocenters. The van der Waals surface area contributed by atoms with Crippen LogP contribution in [0, 0.1) is 5.92 Å². The molecule has 1 saturated carbocycles. The monoisotopic (exact) mass is 230 g/mol. The second-order valence-electron chi connectivity index (χ2n) is 5.15. The Balaban J connectivity index is 2.05. The summed E-state index contributed by atoms with van der Waals surface area (Å²) in [7, 11) is 0. The average Bonchev–Trinajstić information content (AvgIpc) is 2.35. The summed E-state index contributed by atoms with van der Waals surface area (Å²) >= 11 is 0. The van der Waals surface area contributed by atoms with Crippen molar-refractivity contribution in [1.82, 2.24) is 0 Å². The molecule has 0 radical (unpaired) electrons. The first-order valence-corrected chi connectivity index (χ1v) is 6.44. The molecule has 90 valence electrons. The van der Waals surface area contributed by atoms with Crippen molar-refractivity contribution in [3.63, 3.8) is 0 Å². The molecule has 3 nitrogen and oxygen atoms in total. The number of nitrogens with zero attached hydrogens (tertiary/aromatic N) is 1. The molecule has 3 rings (SSSR count). The number of rotatable bonds is 0. The Bertz CT molecular complexity index is 444. The Morgan fingerprint density at radius 1 is 1.24 bits per heavy atom. The van der Waals surface area contributed by atoms with Gasteiger partial charge in [0.2, 0.25) is 0 Å². The lowest BCUT2D eigenvalue weighted by molar-refractivity contribution is 0.235. The minimum Gasteiger partial charge on any atom is -0.351 e. The predicted octanol–water partition coefficient (Wildman–Crippen LogP) is 2.69. The summed E-state index contributed by atoms with van der Waals surface area (Å²) in [6, 6.07) is 8.20. The van der Waals surface area contributed by atoms with Gasteiger partial charge < -0.3 is 5.73 Å². The molecule has 0 saturated heterocycles. The van der Waals surface area contributed by atoms with E-state index in [0.717, 1.165) is 18.5 Å². The van der Waals surface area contributed by atoms with Gasteiger partial charge >= 0.3 is 6.03 Å². The number of anilines is 1. The molecule has 1 heterocycles. The highest BCUT2D eigenvalue weighted by atomic mass is 16.2. The molecule has 2 N–H and O–H groups in total. The zero-order chi connectivity index (χ0) is 11.8. The topological polar surface area (TPSA) is 46.3 Å². The Morgan fingerprint density at radius 3 is 2.82 bits per heavy atom. The number of hydrogen-bond donors (Lipinski definition) is 1. The van der Waals surface area contributed by atoms with Crippen molar-refractivity contribution in [3.8, 4) is 0 Å². The molecule has 17 heavy (non-hydrogen) atoms. The van der Waals surface area contributed by atoms with Crippen LogP contribution < -0.4 is 10.6 Å². The molecule has 2 amide bonds. The van der Waals surface area contributed by atoms with E-state index >= 15 is 0 Å². The van der Waals surface area contributed by atoms with E-state index in [1.165, 1.54) is 24.8 Å². The SMILES string of the molecule is NC(=O)N1c2ccccc2CC2CCCCC21. The van der Waals surface area contributed by atoms with Gasteiger partial charge in [-0.05, 0) is 36.8 Å². The summed E-state index contributed by atoms with van der Waals surface area (Å²) in [4.78, 5) is 13.6. The number of carbonyl (C=O) groups is 1. The summed E-state index contributed by atoms with van der Waals surface area (Å²) < 4.78 is 0. The van der Waals surface area contributed by atoms with Gasteiger partial charge in [-0.1, -0.05) is 31.0 Å². The van der Waals surface area contributed by atoms with Crippen LogP contribution in [0.25, 0.3) is 0 Å². The standard InChI is InChI=1S/C14H18N2O/c15-14(17)16-12-7-3-1-5-10(12)9-11-6-2-4-8-13(11)16/h1,3,5,7,11,13H,2,4,6,8-9H2,(H2,15,17). The third-order valence-electron chi connectivity index (χ3n) is 4.17. The normalized spacial score (nSPS) is 27.2. The van der Waals surface area contributed by atoms with Gasteiger partial charge in [0.25, 0.3) is 0 Å². The molecule has 1 aromatic rings. The maximum absolute atomic E-state index is 11.7. The van der Waals surface area contributed by atoms with E-state index < -0.39 is 0 Å². The molecular weight excluding hydrogens is 212 g/mol. The molecule has 1 aliphatic heterocycles. The van der Waals surface area contributed by atoms with E-state index in [1.54, 1.807) is 0 Å². The number of nitrogens with two attached hydrogens (primary N) is 1. The highest BCUT2D eigenvalue weighted by molar-refractivity contribution is 5.92. The van der Waals surface area contributed by atoms with Crippen molar-refractivity contribution < 1.29 is 4.79 Å². The first-order chi connectivity index (χ1) is 8.27. The number of para-hydroxylation sites is 1. The molecule has 1 aliphatic carbocycles. The van der Waals surface area contributed by atoms with E-state index in [9.17, 15) is 4.79 Å². The lowest BCUT2D eigenvalue weighted by atomic mass is 9.76. The first-order valence-electron chi connectivity index (χ1n) is 6.44. The number of fused-ring (bicyclic) bond motifs is 2. The van der Waals surface area contributed by atoms with Crippen LogP contribution in [0.4, 0.5) is 10.5 Å². The third-order valence-corrected chi connectivity index (χ3v) is 4.17. The predicted molar refractivity (Wildman–Crippen MR) is 68.0 cm³/mol. The smallest absolute Gasteiger partial charge is 0.319 e. The van der Waals surface area contributed by atoms with Gasteiger partial charge in [-0.2, -0.15) is 0 Å². The van der Waals surface area contributed by atoms with Gasteiger partial charge in [-0.25, -0.2) is 4.79 Å².